The summed E-state index contributed by atoms with van der Waals surface area (Å²) in [5.41, 5.74) is 12.6. The molecular formula is C56H56N2. The van der Waals surface area contributed by atoms with E-state index < -0.39 is 0 Å². The van der Waals surface area contributed by atoms with Crippen molar-refractivity contribution < 1.29 is 0 Å². The van der Waals surface area contributed by atoms with Crippen molar-refractivity contribution in [1.82, 2.24) is 9.80 Å². The van der Waals surface area contributed by atoms with Gasteiger partial charge in [0.2, 0.25) is 0 Å². The summed E-state index contributed by atoms with van der Waals surface area (Å²) in [5, 5.41) is 0. The van der Waals surface area contributed by atoms with Crippen LogP contribution in [-0.2, 0) is 18.5 Å². The van der Waals surface area contributed by atoms with Gasteiger partial charge in [-0.1, -0.05) is 221 Å². The van der Waals surface area contributed by atoms with Crippen molar-refractivity contribution in [2.75, 3.05) is 0 Å². The van der Waals surface area contributed by atoms with Crippen LogP contribution in [0.4, 0.5) is 0 Å². The SMILES string of the molecule is CC(C)(C)c1cc([C@H]2C[C@H](c3ccccc3)[C@@H](c3ccccc3)N2Cc2ccccc2)cc([C@H]2C[C@H](c3ccccc3)[C@@H](c3ccccc3)N2Cc2ccccc2)c1. The lowest BCUT2D eigenvalue weighted by Gasteiger charge is -2.35. The molecule has 7 aromatic carbocycles. The van der Waals surface area contributed by atoms with Crippen molar-refractivity contribution >= 4 is 0 Å². The fourth-order valence-electron chi connectivity index (χ4n) is 10.2. The van der Waals surface area contributed by atoms with Crippen molar-refractivity contribution in [2.24, 2.45) is 0 Å². The van der Waals surface area contributed by atoms with Crippen LogP contribution in [0.1, 0.15) is 120 Å². The standard InChI is InChI=1S/C56H56N2/c1-56(2,3)49-35-47(52-37-50(43-26-14-6-15-27-43)54(45-30-18-8-19-31-45)57(52)39-41-22-10-4-11-23-41)34-48(36-49)53-38-51(44-28-16-7-17-29-44)55(46-32-20-9-21-33-46)58(53)40-42-24-12-5-13-25-42/h4-36,50-55H,37-40H2,1-3H3/t50-,51-,52-,53-,54-,55-/m1/s1. The molecule has 2 saturated heterocycles. The quantitative estimate of drug-likeness (QED) is 0.137. The van der Waals surface area contributed by atoms with Gasteiger partial charge in [-0.25, -0.2) is 0 Å². The maximum atomic E-state index is 2.84. The molecule has 2 heteroatoms. The first-order valence-corrected chi connectivity index (χ1v) is 21.4. The fourth-order valence-corrected chi connectivity index (χ4v) is 10.2. The first kappa shape index (κ1) is 38.0. The van der Waals surface area contributed by atoms with E-state index in [1.54, 1.807) is 0 Å². The van der Waals surface area contributed by atoms with Crippen LogP contribution in [0.25, 0.3) is 0 Å². The normalized spacial score (nSPS) is 22.6. The first-order valence-electron chi connectivity index (χ1n) is 21.4. The van der Waals surface area contributed by atoms with Crippen LogP contribution in [0.15, 0.2) is 200 Å². The number of benzene rings is 7. The number of likely N-dealkylation sites (tertiary alicyclic amines) is 2. The maximum Gasteiger partial charge on any atom is 0.0427 e. The van der Waals surface area contributed by atoms with Gasteiger partial charge in [-0.05, 0) is 68.3 Å². The Kier molecular flexibility index (Phi) is 11.0. The lowest BCUT2D eigenvalue weighted by atomic mass is 9.81. The molecule has 0 saturated carbocycles. The molecule has 0 amide bonds. The maximum absolute atomic E-state index is 2.84. The largest absolute Gasteiger partial charge is 0.284 e. The van der Waals surface area contributed by atoms with Crippen LogP contribution >= 0.6 is 0 Å². The first-order chi connectivity index (χ1) is 28.4. The molecule has 2 aliphatic rings. The van der Waals surface area contributed by atoms with Crippen LogP contribution in [0.2, 0.25) is 0 Å². The summed E-state index contributed by atoms with van der Waals surface area (Å²) in [7, 11) is 0. The summed E-state index contributed by atoms with van der Waals surface area (Å²) >= 11 is 0. The molecule has 9 rings (SSSR count). The van der Waals surface area contributed by atoms with Gasteiger partial charge in [0, 0.05) is 49.1 Å². The highest BCUT2D eigenvalue weighted by Crippen LogP contribution is 2.56. The van der Waals surface area contributed by atoms with E-state index in [0.717, 1.165) is 25.9 Å². The monoisotopic (exact) mass is 756 g/mol. The van der Waals surface area contributed by atoms with E-state index in [0.29, 0.717) is 11.8 Å². The lowest BCUT2D eigenvalue weighted by molar-refractivity contribution is 0.176. The molecule has 2 fully saturated rings. The molecule has 6 atom stereocenters. The second kappa shape index (κ2) is 16.7. The highest BCUT2D eigenvalue weighted by Gasteiger charge is 2.46. The van der Waals surface area contributed by atoms with Crippen LogP contribution < -0.4 is 0 Å². The smallest absolute Gasteiger partial charge is 0.0427 e. The second-order valence-corrected chi connectivity index (χ2v) is 17.7. The minimum absolute atomic E-state index is 0.0220. The van der Waals surface area contributed by atoms with Crippen molar-refractivity contribution in [3.8, 4) is 0 Å². The van der Waals surface area contributed by atoms with Gasteiger partial charge in [-0.15, -0.1) is 0 Å². The third-order valence-corrected chi connectivity index (χ3v) is 13.0. The van der Waals surface area contributed by atoms with E-state index in [2.05, 4.69) is 231 Å². The van der Waals surface area contributed by atoms with Crippen molar-refractivity contribution in [1.29, 1.82) is 0 Å². The van der Waals surface area contributed by atoms with E-state index in [-0.39, 0.29) is 29.6 Å². The number of rotatable bonds is 10. The molecule has 0 aromatic heterocycles. The van der Waals surface area contributed by atoms with E-state index in [9.17, 15) is 0 Å². The van der Waals surface area contributed by atoms with Crippen molar-refractivity contribution in [3.05, 3.63) is 250 Å². The minimum Gasteiger partial charge on any atom is -0.284 e. The summed E-state index contributed by atoms with van der Waals surface area (Å²) in [5.74, 6) is 0.704. The molecule has 290 valence electrons. The summed E-state index contributed by atoms with van der Waals surface area (Å²) in [4.78, 5) is 5.67. The molecule has 58 heavy (non-hydrogen) atoms. The zero-order valence-corrected chi connectivity index (χ0v) is 34.2. The van der Waals surface area contributed by atoms with Gasteiger partial charge in [0.25, 0.3) is 0 Å². The van der Waals surface area contributed by atoms with Crippen molar-refractivity contribution in [3.63, 3.8) is 0 Å². The molecule has 0 radical (unpaired) electrons. The number of hydrogen-bond donors (Lipinski definition) is 0. The Morgan fingerprint density at radius 2 is 0.690 bits per heavy atom. The average molecular weight is 757 g/mol. The van der Waals surface area contributed by atoms with Crippen LogP contribution in [0.3, 0.4) is 0 Å². The third-order valence-electron chi connectivity index (χ3n) is 13.0. The molecule has 0 unspecified atom stereocenters. The molecule has 7 aromatic rings. The Balaban J connectivity index is 1.21. The highest BCUT2D eigenvalue weighted by molar-refractivity contribution is 5.43. The third kappa shape index (κ3) is 7.97. The zero-order valence-electron chi connectivity index (χ0n) is 34.2. The van der Waals surface area contributed by atoms with E-state index in [1.807, 2.05) is 0 Å². The average Bonchev–Trinajstić information content (AvgIpc) is 3.84. The van der Waals surface area contributed by atoms with Gasteiger partial charge in [-0.3, -0.25) is 9.80 Å². The van der Waals surface area contributed by atoms with Gasteiger partial charge >= 0.3 is 0 Å². The fraction of sp³-hybridized carbons (Fsp3) is 0.250. The van der Waals surface area contributed by atoms with Crippen LogP contribution in [0, 0.1) is 0 Å². The minimum atomic E-state index is -0.0220. The Morgan fingerprint density at radius 1 is 0.379 bits per heavy atom. The van der Waals surface area contributed by atoms with E-state index in [4.69, 9.17) is 0 Å². The Morgan fingerprint density at radius 3 is 1.02 bits per heavy atom. The molecule has 2 heterocycles. The van der Waals surface area contributed by atoms with Crippen molar-refractivity contribution in [2.45, 2.75) is 88.1 Å². The van der Waals surface area contributed by atoms with Gasteiger partial charge in [-0.2, -0.15) is 0 Å². The molecule has 0 aliphatic carbocycles. The number of hydrogen-bond acceptors (Lipinski definition) is 2. The van der Waals surface area contributed by atoms with E-state index >= 15 is 0 Å². The molecular weight excluding hydrogens is 701 g/mol. The molecule has 0 N–H and O–H groups in total. The topological polar surface area (TPSA) is 6.48 Å². The van der Waals surface area contributed by atoms with Crippen LogP contribution in [0.5, 0.6) is 0 Å². The molecule has 2 nitrogen and oxygen atoms in total. The molecule has 2 aliphatic heterocycles. The zero-order chi connectivity index (χ0) is 39.5. The summed E-state index contributed by atoms with van der Waals surface area (Å²) < 4.78 is 0. The number of nitrogens with zero attached hydrogens (tertiary/aromatic N) is 2. The van der Waals surface area contributed by atoms with Crippen LogP contribution in [-0.4, -0.2) is 9.80 Å². The lowest BCUT2D eigenvalue weighted by Crippen LogP contribution is -2.29. The van der Waals surface area contributed by atoms with Gasteiger partial charge in [0.05, 0.1) is 0 Å². The Bertz CT molecular complexity index is 2190. The molecule has 0 bridgehead atoms. The summed E-state index contributed by atoms with van der Waals surface area (Å²) in [6, 6.07) is 76.2. The van der Waals surface area contributed by atoms with E-state index in [1.165, 1.54) is 50.1 Å². The predicted molar refractivity (Wildman–Crippen MR) is 241 cm³/mol. The highest BCUT2D eigenvalue weighted by atomic mass is 15.2. The Hall–Kier alpha value is -5.54. The summed E-state index contributed by atoms with van der Waals surface area (Å²) in [6.45, 7) is 8.95. The molecule has 0 spiro atoms. The van der Waals surface area contributed by atoms with Gasteiger partial charge in [0.1, 0.15) is 0 Å². The Labute approximate surface area is 346 Å². The summed E-state index contributed by atoms with van der Waals surface area (Å²) in [6.07, 6.45) is 2.11. The van der Waals surface area contributed by atoms with Gasteiger partial charge < -0.3 is 0 Å². The second-order valence-electron chi connectivity index (χ2n) is 17.7. The predicted octanol–water partition coefficient (Wildman–Crippen LogP) is 13.9. The van der Waals surface area contributed by atoms with Gasteiger partial charge in [0.15, 0.2) is 0 Å².